The molecule has 2 N–H and O–H groups in total. The molecule has 1 atom stereocenters. The molecule has 8 heteroatoms. The molecule has 0 fully saturated rings. The Kier molecular flexibility index (Phi) is 5.78. The molecule has 2 amide bonds. The summed E-state index contributed by atoms with van der Waals surface area (Å²) >= 11 is 0. The van der Waals surface area contributed by atoms with Crippen LogP contribution in [0.1, 0.15) is 12.5 Å². The third-order valence-corrected chi connectivity index (χ3v) is 2.90. The molecule has 0 aliphatic heterocycles. The molecule has 0 aliphatic carbocycles. The van der Waals surface area contributed by atoms with E-state index in [1.54, 1.807) is 0 Å². The molecule has 0 radical (unpaired) electrons. The predicted octanol–water partition coefficient (Wildman–Crippen LogP) is 2.98. The molecule has 1 rings (SSSR count). The summed E-state index contributed by atoms with van der Waals surface area (Å²) in [6, 6.07) is 4.85. The number of rotatable bonds is 5. The average molecular weight is 318 g/mol. The number of carboxylic acids is 1. The summed E-state index contributed by atoms with van der Waals surface area (Å²) in [5.41, 5.74) is 0.258. The summed E-state index contributed by atoms with van der Waals surface area (Å²) in [6.07, 6.45) is -5.40. The number of hydrogen-bond donors (Lipinski definition) is 2. The van der Waals surface area contributed by atoms with E-state index in [0.29, 0.717) is 0 Å². The summed E-state index contributed by atoms with van der Waals surface area (Å²) in [7, 11) is 1.41. The number of carbonyl (C=O) groups is 2. The first-order chi connectivity index (χ1) is 10.1. The molecule has 0 aromatic heterocycles. The van der Waals surface area contributed by atoms with Crippen LogP contribution in [0.25, 0.3) is 0 Å². The standard InChI is InChI=1S/C14H17F3N2O3/c1-9(12(20)21)8-19(2)13(22)18-11-5-3-4-10(6-11)7-14(15,16)17/h3-6,9H,7-8H2,1-2H3,(H,18,22)(H,20,21). The minimum absolute atomic E-state index is 0.0105. The van der Waals surface area contributed by atoms with E-state index in [-0.39, 0.29) is 17.8 Å². The van der Waals surface area contributed by atoms with Crippen molar-refractivity contribution in [3.8, 4) is 0 Å². The van der Waals surface area contributed by atoms with Crippen molar-refractivity contribution >= 4 is 17.7 Å². The second-order valence-corrected chi connectivity index (χ2v) is 5.04. The summed E-state index contributed by atoms with van der Waals surface area (Å²) in [6.45, 7) is 1.44. The van der Waals surface area contributed by atoms with Gasteiger partial charge in [0, 0.05) is 19.3 Å². The van der Waals surface area contributed by atoms with E-state index >= 15 is 0 Å². The maximum Gasteiger partial charge on any atom is 0.393 e. The SMILES string of the molecule is CC(CN(C)C(=O)Nc1cccc(CC(F)(F)F)c1)C(=O)O. The van der Waals surface area contributed by atoms with Gasteiger partial charge in [0.15, 0.2) is 0 Å². The molecule has 0 saturated carbocycles. The van der Waals surface area contributed by atoms with E-state index in [0.717, 1.165) is 4.90 Å². The number of amides is 2. The zero-order chi connectivity index (χ0) is 16.9. The average Bonchev–Trinajstić information content (AvgIpc) is 2.36. The van der Waals surface area contributed by atoms with Gasteiger partial charge in [-0.05, 0) is 17.7 Å². The number of carbonyl (C=O) groups excluding carboxylic acids is 1. The highest BCUT2D eigenvalue weighted by atomic mass is 19.4. The second-order valence-electron chi connectivity index (χ2n) is 5.04. The maximum atomic E-state index is 12.3. The van der Waals surface area contributed by atoms with Crippen LogP contribution in [-0.2, 0) is 11.2 Å². The zero-order valence-corrected chi connectivity index (χ0v) is 12.1. The molecule has 22 heavy (non-hydrogen) atoms. The number of alkyl halides is 3. The number of urea groups is 1. The predicted molar refractivity (Wildman–Crippen MR) is 74.6 cm³/mol. The van der Waals surface area contributed by atoms with Crippen LogP contribution in [0.5, 0.6) is 0 Å². The third kappa shape index (κ3) is 6.02. The lowest BCUT2D eigenvalue weighted by atomic mass is 10.1. The quantitative estimate of drug-likeness (QED) is 0.877. The Morgan fingerprint density at radius 2 is 2.00 bits per heavy atom. The summed E-state index contributed by atoms with van der Waals surface area (Å²) in [5, 5.41) is 11.2. The Labute approximate surface area is 125 Å². The molecule has 0 aliphatic rings. The van der Waals surface area contributed by atoms with Gasteiger partial charge in [-0.3, -0.25) is 4.79 Å². The highest BCUT2D eigenvalue weighted by Crippen LogP contribution is 2.23. The molecule has 0 saturated heterocycles. The molecule has 122 valence electrons. The van der Waals surface area contributed by atoms with Gasteiger partial charge in [0.2, 0.25) is 0 Å². The van der Waals surface area contributed by atoms with Gasteiger partial charge in [0.25, 0.3) is 0 Å². The maximum absolute atomic E-state index is 12.3. The minimum Gasteiger partial charge on any atom is -0.481 e. The summed E-state index contributed by atoms with van der Waals surface area (Å²) in [5.74, 6) is -1.78. The van der Waals surface area contributed by atoms with E-state index < -0.39 is 30.5 Å². The number of aliphatic carboxylic acids is 1. The smallest absolute Gasteiger partial charge is 0.393 e. The molecule has 1 aromatic carbocycles. The molecule has 1 unspecified atom stereocenters. The van der Waals surface area contributed by atoms with Crippen LogP contribution in [-0.4, -0.2) is 41.8 Å². The van der Waals surface area contributed by atoms with Gasteiger partial charge in [-0.15, -0.1) is 0 Å². The molecule has 0 bridgehead atoms. The first-order valence-corrected chi connectivity index (χ1v) is 6.49. The van der Waals surface area contributed by atoms with Gasteiger partial charge in [-0.2, -0.15) is 13.2 Å². The number of hydrogen-bond acceptors (Lipinski definition) is 2. The molecular weight excluding hydrogens is 301 g/mol. The van der Waals surface area contributed by atoms with Gasteiger partial charge in [0.1, 0.15) is 0 Å². The Bertz CT molecular complexity index is 546. The number of nitrogens with one attached hydrogen (secondary N) is 1. The lowest BCUT2D eigenvalue weighted by Crippen LogP contribution is -2.36. The molecule has 1 aromatic rings. The number of carboxylic acid groups (broad SMARTS) is 1. The van der Waals surface area contributed by atoms with Crippen LogP contribution >= 0.6 is 0 Å². The fourth-order valence-corrected chi connectivity index (χ4v) is 1.78. The van der Waals surface area contributed by atoms with Gasteiger partial charge in [-0.25, -0.2) is 4.79 Å². The number of benzene rings is 1. The lowest BCUT2D eigenvalue weighted by molar-refractivity contribution is -0.141. The van der Waals surface area contributed by atoms with Crippen LogP contribution in [0.3, 0.4) is 0 Å². The Morgan fingerprint density at radius 1 is 1.36 bits per heavy atom. The lowest BCUT2D eigenvalue weighted by Gasteiger charge is -2.20. The van der Waals surface area contributed by atoms with Crippen LogP contribution in [0.2, 0.25) is 0 Å². The van der Waals surface area contributed by atoms with E-state index in [1.807, 2.05) is 0 Å². The monoisotopic (exact) mass is 318 g/mol. The van der Waals surface area contributed by atoms with Gasteiger partial charge >= 0.3 is 18.2 Å². The molecule has 0 heterocycles. The normalized spacial score (nSPS) is 12.6. The largest absolute Gasteiger partial charge is 0.481 e. The fourth-order valence-electron chi connectivity index (χ4n) is 1.78. The number of anilines is 1. The number of halogens is 3. The van der Waals surface area contributed by atoms with E-state index in [2.05, 4.69) is 5.32 Å². The first kappa shape index (κ1) is 17.8. The van der Waals surface area contributed by atoms with Crippen molar-refractivity contribution in [2.75, 3.05) is 18.9 Å². The van der Waals surface area contributed by atoms with Crippen molar-refractivity contribution in [3.63, 3.8) is 0 Å². The Morgan fingerprint density at radius 3 is 2.55 bits per heavy atom. The van der Waals surface area contributed by atoms with E-state index in [4.69, 9.17) is 5.11 Å². The second kappa shape index (κ2) is 7.15. The van der Waals surface area contributed by atoms with Crippen LogP contribution in [0.15, 0.2) is 24.3 Å². The van der Waals surface area contributed by atoms with Gasteiger partial charge in [0.05, 0.1) is 12.3 Å². The van der Waals surface area contributed by atoms with Gasteiger partial charge < -0.3 is 15.3 Å². The van der Waals surface area contributed by atoms with E-state index in [9.17, 15) is 22.8 Å². The van der Waals surface area contributed by atoms with Crippen molar-refractivity contribution in [2.24, 2.45) is 5.92 Å². The van der Waals surface area contributed by atoms with Crippen molar-refractivity contribution in [3.05, 3.63) is 29.8 Å². The topological polar surface area (TPSA) is 69.6 Å². The first-order valence-electron chi connectivity index (χ1n) is 6.49. The van der Waals surface area contributed by atoms with Gasteiger partial charge in [-0.1, -0.05) is 19.1 Å². The van der Waals surface area contributed by atoms with Crippen LogP contribution < -0.4 is 5.32 Å². The van der Waals surface area contributed by atoms with Crippen molar-refractivity contribution in [1.82, 2.24) is 4.90 Å². The molecular formula is C14H17F3N2O3. The van der Waals surface area contributed by atoms with Crippen molar-refractivity contribution in [2.45, 2.75) is 19.5 Å². The van der Waals surface area contributed by atoms with Crippen molar-refractivity contribution < 1.29 is 27.9 Å². The number of nitrogens with zero attached hydrogens (tertiary/aromatic N) is 1. The highest BCUT2D eigenvalue weighted by molar-refractivity contribution is 5.89. The van der Waals surface area contributed by atoms with Crippen LogP contribution in [0, 0.1) is 5.92 Å². The molecule has 0 spiro atoms. The summed E-state index contributed by atoms with van der Waals surface area (Å²) < 4.78 is 37.0. The zero-order valence-electron chi connectivity index (χ0n) is 12.1. The Balaban J connectivity index is 2.68. The minimum atomic E-state index is -4.32. The Hall–Kier alpha value is -2.25. The summed E-state index contributed by atoms with van der Waals surface area (Å²) in [4.78, 5) is 23.8. The van der Waals surface area contributed by atoms with Crippen LogP contribution in [0.4, 0.5) is 23.7 Å². The molecule has 5 nitrogen and oxygen atoms in total. The fraction of sp³-hybridized carbons (Fsp3) is 0.429. The third-order valence-electron chi connectivity index (χ3n) is 2.90. The van der Waals surface area contributed by atoms with E-state index in [1.165, 1.54) is 38.2 Å². The highest BCUT2D eigenvalue weighted by Gasteiger charge is 2.27. The van der Waals surface area contributed by atoms with Crippen molar-refractivity contribution in [1.29, 1.82) is 0 Å².